The number of aliphatic imine (C=N–C) groups is 1. The number of nitrogens with one attached hydrogen (secondary N) is 1. The predicted molar refractivity (Wildman–Crippen MR) is 91.8 cm³/mol. The Balaban J connectivity index is 1.68. The van der Waals surface area contributed by atoms with Crippen LogP contribution >= 0.6 is 0 Å². The Labute approximate surface area is 140 Å². The zero-order valence-corrected chi connectivity index (χ0v) is 13.5. The minimum absolute atomic E-state index is 0.301. The van der Waals surface area contributed by atoms with Crippen molar-refractivity contribution < 1.29 is 14.2 Å². The molecule has 2 aromatic rings. The molecule has 126 valence electrons. The molecule has 0 amide bonds. The molecule has 0 radical (unpaired) electrons. The van der Waals surface area contributed by atoms with Crippen LogP contribution in [0.2, 0.25) is 0 Å². The lowest BCUT2D eigenvalue weighted by atomic mass is 10.2. The maximum absolute atomic E-state index is 5.96. The molecule has 3 rings (SSSR count). The molecular formula is C17H20N4O3. The molecule has 3 N–H and O–H groups in total. The highest BCUT2D eigenvalue weighted by atomic mass is 16.5. The zero-order chi connectivity index (χ0) is 16.8. The lowest BCUT2D eigenvalue weighted by molar-refractivity contribution is 0.297. The number of hydrogen-bond acceptors (Lipinski definition) is 5. The van der Waals surface area contributed by atoms with E-state index in [-0.39, 0.29) is 0 Å². The van der Waals surface area contributed by atoms with Crippen molar-refractivity contribution in [3.63, 3.8) is 0 Å². The molecule has 0 bridgehead atoms. The van der Waals surface area contributed by atoms with Gasteiger partial charge in [-0.05, 0) is 18.2 Å². The summed E-state index contributed by atoms with van der Waals surface area (Å²) < 4.78 is 16.5. The van der Waals surface area contributed by atoms with E-state index in [1.165, 1.54) is 0 Å². The first-order valence-corrected chi connectivity index (χ1v) is 7.71. The van der Waals surface area contributed by atoms with Crippen LogP contribution < -0.4 is 25.3 Å². The van der Waals surface area contributed by atoms with E-state index in [4.69, 9.17) is 19.9 Å². The van der Waals surface area contributed by atoms with Gasteiger partial charge in [-0.3, -0.25) is 0 Å². The summed E-state index contributed by atoms with van der Waals surface area (Å²) in [5, 5.41) is 3.05. The summed E-state index contributed by atoms with van der Waals surface area (Å²) in [4.78, 5) is 8.45. The number of nitrogens with zero attached hydrogens (tertiary/aromatic N) is 2. The quantitative estimate of drug-likeness (QED) is 0.660. The fourth-order valence-corrected chi connectivity index (χ4v) is 2.33. The van der Waals surface area contributed by atoms with Gasteiger partial charge in [0.2, 0.25) is 5.88 Å². The summed E-state index contributed by atoms with van der Waals surface area (Å²) >= 11 is 0. The van der Waals surface area contributed by atoms with Gasteiger partial charge in [0.15, 0.2) is 17.5 Å². The van der Waals surface area contributed by atoms with Crippen LogP contribution in [0.4, 0.5) is 5.69 Å². The highest BCUT2D eigenvalue weighted by Crippen LogP contribution is 2.32. The largest absolute Gasteiger partial charge is 0.490 e. The second-order valence-electron chi connectivity index (χ2n) is 5.21. The van der Waals surface area contributed by atoms with E-state index in [0.29, 0.717) is 37.3 Å². The molecule has 0 saturated carbocycles. The first kappa shape index (κ1) is 15.9. The van der Waals surface area contributed by atoms with Crippen LogP contribution in [0.25, 0.3) is 0 Å². The number of pyridine rings is 1. The molecule has 7 heteroatoms. The van der Waals surface area contributed by atoms with Crippen LogP contribution in [-0.4, -0.2) is 31.3 Å². The molecule has 0 saturated heterocycles. The fraction of sp³-hybridized carbons (Fsp3) is 0.294. The smallest absolute Gasteiger partial charge is 0.218 e. The van der Waals surface area contributed by atoms with Crippen molar-refractivity contribution in [3.8, 4) is 17.4 Å². The van der Waals surface area contributed by atoms with Gasteiger partial charge >= 0.3 is 0 Å². The lowest BCUT2D eigenvalue weighted by Gasteiger charge is -2.11. The summed E-state index contributed by atoms with van der Waals surface area (Å²) in [5.41, 5.74) is 7.61. The number of guanidine groups is 1. The summed E-state index contributed by atoms with van der Waals surface area (Å²) in [7, 11) is 1.58. The molecule has 2 heterocycles. The van der Waals surface area contributed by atoms with Gasteiger partial charge in [-0.25, -0.2) is 9.98 Å². The molecule has 0 atom stereocenters. The Morgan fingerprint density at radius 3 is 2.96 bits per heavy atom. The topological polar surface area (TPSA) is 91.0 Å². The van der Waals surface area contributed by atoms with Gasteiger partial charge in [0.05, 0.1) is 26.9 Å². The molecule has 0 spiro atoms. The third kappa shape index (κ3) is 3.87. The normalized spacial score (nSPS) is 14.0. The van der Waals surface area contributed by atoms with Crippen molar-refractivity contribution in [2.75, 3.05) is 25.6 Å². The molecule has 7 nitrogen and oxygen atoms in total. The first-order valence-electron chi connectivity index (χ1n) is 7.71. The molecule has 1 aliphatic heterocycles. The number of aromatic nitrogens is 1. The van der Waals surface area contributed by atoms with Crippen LogP contribution in [0.15, 0.2) is 41.5 Å². The third-order valence-electron chi connectivity index (χ3n) is 3.48. The molecule has 1 aliphatic rings. The van der Waals surface area contributed by atoms with E-state index in [0.717, 1.165) is 23.4 Å². The molecule has 24 heavy (non-hydrogen) atoms. The minimum Gasteiger partial charge on any atom is -0.490 e. The summed E-state index contributed by atoms with van der Waals surface area (Å²) in [5.74, 6) is 2.30. The molecule has 1 aromatic heterocycles. The first-order chi connectivity index (χ1) is 11.8. The number of hydrogen-bond donors (Lipinski definition) is 2. The average molecular weight is 328 g/mol. The number of benzene rings is 1. The van der Waals surface area contributed by atoms with Gasteiger partial charge < -0.3 is 25.3 Å². The average Bonchev–Trinajstić information content (AvgIpc) is 2.85. The summed E-state index contributed by atoms with van der Waals surface area (Å²) in [6.45, 7) is 1.68. The van der Waals surface area contributed by atoms with Gasteiger partial charge in [0, 0.05) is 29.9 Å². The minimum atomic E-state index is 0.301. The number of nitrogens with two attached hydrogens (primary N) is 1. The van der Waals surface area contributed by atoms with E-state index in [2.05, 4.69) is 15.3 Å². The van der Waals surface area contributed by atoms with Gasteiger partial charge in [-0.15, -0.1) is 0 Å². The van der Waals surface area contributed by atoms with Gasteiger partial charge in [-0.1, -0.05) is 6.07 Å². The van der Waals surface area contributed by atoms with Crippen LogP contribution in [-0.2, 0) is 6.54 Å². The monoisotopic (exact) mass is 328 g/mol. The number of ether oxygens (including phenoxy) is 3. The Bertz CT molecular complexity index is 734. The second kappa shape index (κ2) is 7.54. The number of rotatable bonds is 4. The Kier molecular flexibility index (Phi) is 5.00. The van der Waals surface area contributed by atoms with E-state index in [9.17, 15) is 0 Å². The molecular weight excluding hydrogens is 308 g/mol. The van der Waals surface area contributed by atoms with Gasteiger partial charge in [-0.2, -0.15) is 0 Å². The summed E-state index contributed by atoms with van der Waals surface area (Å²) in [6, 6.07) is 9.33. The van der Waals surface area contributed by atoms with E-state index >= 15 is 0 Å². The van der Waals surface area contributed by atoms with E-state index in [1.54, 1.807) is 13.3 Å². The molecule has 0 fully saturated rings. The maximum atomic E-state index is 5.96. The Morgan fingerprint density at radius 2 is 2.12 bits per heavy atom. The Morgan fingerprint density at radius 1 is 1.29 bits per heavy atom. The fourth-order valence-electron chi connectivity index (χ4n) is 2.33. The zero-order valence-electron chi connectivity index (χ0n) is 13.5. The van der Waals surface area contributed by atoms with Crippen LogP contribution in [0.1, 0.15) is 12.0 Å². The van der Waals surface area contributed by atoms with Crippen molar-refractivity contribution in [3.05, 3.63) is 42.1 Å². The van der Waals surface area contributed by atoms with Crippen molar-refractivity contribution in [1.29, 1.82) is 0 Å². The standard InChI is InChI=1S/C17H20N4O3/c1-22-16-12(4-2-7-19-16)11-20-17(18)21-13-5-6-14-15(10-13)24-9-3-8-23-14/h2,4-7,10H,3,8-9,11H2,1H3,(H3,18,20,21). The van der Waals surface area contributed by atoms with Crippen molar-refractivity contribution in [2.24, 2.45) is 10.7 Å². The molecule has 1 aromatic carbocycles. The SMILES string of the molecule is COc1ncccc1CN=C(N)Nc1ccc2c(c1)OCCCO2. The number of methoxy groups -OCH3 is 1. The van der Waals surface area contributed by atoms with Gasteiger partial charge in [0.1, 0.15) is 0 Å². The number of fused-ring (bicyclic) bond motifs is 1. The van der Waals surface area contributed by atoms with Crippen molar-refractivity contribution in [1.82, 2.24) is 4.98 Å². The van der Waals surface area contributed by atoms with Crippen molar-refractivity contribution >= 4 is 11.6 Å². The molecule has 0 unspecified atom stereocenters. The maximum Gasteiger partial charge on any atom is 0.218 e. The van der Waals surface area contributed by atoms with Crippen LogP contribution in [0.5, 0.6) is 17.4 Å². The van der Waals surface area contributed by atoms with E-state index in [1.807, 2.05) is 30.3 Å². The third-order valence-corrected chi connectivity index (χ3v) is 3.48. The predicted octanol–water partition coefficient (Wildman–Crippen LogP) is 2.18. The summed E-state index contributed by atoms with van der Waals surface area (Å²) in [6.07, 6.45) is 2.54. The number of anilines is 1. The van der Waals surface area contributed by atoms with Gasteiger partial charge in [0.25, 0.3) is 0 Å². The van der Waals surface area contributed by atoms with E-state index < -0.39 is 0 Å². The lowest BCUT2D eigenvalue weighted by Crippen LogP contribution is -2.22. The Hall–Kier alpha value is -2.96. The second-order valence-corrected chi connectivity index (χ2v) is 5.21. The molecule has 0 aliphatic carbocycles. The van der Waals surface area contributed by atoms with Crippen LogP contribution in [0, 0.1) is 0 Å². The highest BCUT2D eigenvalue weighted by Gasteiger charge is 2.11. The highest BCUT2D eigenvalue weighted by molar-refractivity contribution is 5.92. The van der Waals surface area contributed by atoms with Crippen LogP contribution in [0.3, 0.4) is 0 Å². The van der Waals surface area contributed by atoms with Crippen molar-refractivity contribution in [2.45, 2.75) is 13.0 Å².